The second-order valence-corrected chi connectivity index (χ2v) is 9.36. The molecular weight excluding hydrogens is 302 g/mol. The van der Waals surface area contributed by atoms with Crippen LogP contribution >= 0.6 is 11.9 Å². The van der Waals surface area contributed by atoms with Crippen LogP contribution in [0.5, 0.6) is 0 Å². The minimum atomic E-state index is 0.489. The van der Waals surface area contributed by atoms with Crippen molar-refractivity contribution in [3.63, 3.8) is 0 Å². The first kappa shape index (κ1) is 13.3. The second-order valence-electron chi connectivity index (χ2n) is 8.37. The summed E-state index contributed by atoms with van der Waals surface area (Å²) in [6, 6.07) is 8.60. The Morgan fingerprint density at radius 1 is 0.957 bits per heavy atom. The molecule has 120 valence electrons. The number of para-hydroxylation sites is 2. The molecule has 0 unspecified atom stereocenters. The van der Waals surface area contributed by atoms with Gasteiger partial charge in [-0.2, -0.15) is 0 Å². The highest BCUT2D eigenvalue weighted by atomic mass is 32.2. The summed E-state index contributed by atoms with van der Waals surface area (Å²) in [4.78, 5) is 4.92. The van der Waals surface area contributed by atoms with E-state index in [1.165, 1.54) is 55.7 Å². The lowest BCUT2D eigenvalue weighted by Gasteiger charge is -2.60. The zero-order chi connectivity index (χ0) is 15.0. The molecule has 4 fully saturated rings. The Morgan fingerprint density at radius 2 is 1.65 bits per heavy atom. The maximum atomic E-state index is 4.92. The Labute approximate surface area is 141 Å². The number of rotatable bonds is 1. The first-order valence-corrected chi connectivity index (χ1v) is 9.97. The highest BCUT2D eigenvalue weighted by Crippen LogP contribution is 2.59. The highest BCUT2D eigenvalue weighted by Gasteiger charge is 2.54. The van der Waals surface area contributed by atoms with Gasteiger partial charge in [0.05, 0.1) is 11.0 Å². The van der Waals surface area contributed by atoms with Crippen LogP contribution in [0.1, 0.15) is 38.5 Å². The minimum absolute atomic E-state index is 0.489. The van der Waals surface area contributed by atoms with Crippen molar-refractivity contribution in [2.45, 2.75) is 55.8 Å². The summed E-state index contributed by atoms with van der Waals surface area (Å²) < 4.78 is 5.19. The van der Waals surface area contributed by atoms with Gasteiger partial charge in [-0.3, -0.25) is 0 Å². The van der Waals surface area contributed by atoms with Crippen LogP contribution in [0.2, 0.25) is 0 Å². The molecule has 1 aromatic carbocycles. The maximum absolute atomic E-state index is 4.92. The lowest BCUT2D eigenvalue weighted by atomic mass is 9.53. The van der Waals surface area contributed by atoms with Crippen LogP contribution in [0.15, 0.2) is 29.4 Å². The molecule has 1 aliphatic heterocycles. The van der Waals surface area contributed by atoms with Crippen LogP contribution in [0, 0.1) is 17.8 Å². The van der Waals surface area contributed by atoms with Crippen molar-refractivity contribution in [3.8, 4) is 0 Å². The van der Waals surface area contributed by atoms with E-state index in [1.807, 2.05) is 11.9 Å². The third-order valence-corrected chi connectivity index (χ3v) is 8.14. The SMILES string of the molecule is c1ccc2c(c1)nc1n2CCN(C23CC4CC(CC(C4)C2)C3)S1. The molecule has 4 heteroatoms. The number of hydrogen-bond acceptors (Lipinski definition) is 3. The van der Waals surface area contributed by atoms with E-state index in [0.717, 1.165) is 29.8 Å². The third-order valence-electron chi connectivity index (χ3n) is 6.87. The quantitative estimate of drug-likeness (QED) is 0.728. The molecule has 5 aliphatic rings. The van der Waals surface area contributed by atoms with E-state index in [0.29, 0.717) is 5.54 Å². The predicted molar refractivity (Wildman–Crippen MR) is 93.2 cm³/mol. The van der Waals surface area contributed by atoms with E-state index < -0.39 is 0 Å². The van der Waals surface area contributed by atoms with Gasteiger partial charge in [0.15, 0.2) is 5.16 Å². The van der Waals surface area contributed by atoms with Gasteiger partial charge in [0.1, 0.15) is 0 Å². The van der Waals surface area contributed by atoms with Gasteiger partial charge in [0, 0.05) is 18.6 Å². The minimum Gasteiger partial charge on any atom is -0.317 e. The molecule has 3 nitrogen and oxygen atoms in total. The summed E-state index contributed by atoms with van der Waals surface area (Å²) in [5, 5.41) is 1.22. The number of aromatic nitrogens is 2. The average molecular weight is 325 g/mol. The Hall–Kier alpha value is -1.000. The molecule has 7 rings (SSSR count). The number of benzene rings is 1. The fraction of sp³-hybridized carbons (Fsp3) is 0.632. The summed E-state index contributed by atoms with van der Waals surface area (Å²) in [5.41, 5.74) is 2.95. The van der Waals surface area contributed by atoms with Crippen LogP contribution in [0.4, 0.5) is 0 Å². The largest absolute Gasteiger partial charge is 0.317 e. The zero-order valence-corrected chi connectivity index (χ0v) is 14.3. The monoisotopic (exact) mass is 325 g/mol. The van der Waals surface area contributed by atoms with Crippen molar-refractivity contribution in [2.24, 2.45) is 17.8 Å². The second kappa shape index (κ2) is 4.54. The van der Waals surface area contributed by atoms with Gasteiger partial charge in [0.2, 0.25) is 0 Å². The van der Waals surface area contributed by atoms with Crippen molar-refractivity contribution >= 4 is 23.0 Å². The highest BCUT2D eigenvalue weighted by molar-refractivity contribution is 7.97. The summed E-state index contributed by atoms with van der Waals surface area (Å²) >= 11 is 1.96. The number of imidazole rings is 1. The molecule has 0 spiro atoms. The van der Waals surface area contributed by atoms with Gasteiger partial charge < -0.3 is 4.57 Å². The molecule has 0 radical (unpaired) electrons. The molecule has 0 saturated heterocycles. The van der Waals surface area contributed by atoms with Crippen molar-refractivity contribution in [1.82, 2.24) is 13.9 Å². The number of hydrogen-bond donors (Lipinski definition) is 0. The Bertz CT molecular complexity index is 745. The standard InChI is InChI=1S/C19H23N3S/c1-2-4-17-16(3-1)20-18-21(17)5-6-22(23-18)19-10-13-7-14(11-19)9-15(8-13)12-19/h1-4,13-15H,5-12H2. The Balaban J connectivity index is 1.37. The van der Waals surface area contributed by atoms with Gasteiger partial charge in [0.25, 0.3) is 0 Å². The normalized spacial score (nSPS) is 39.0. The van der Waals surface area contributed by atoms with Gasteiger partial charge >= 0.3 is 0 Å². The molecule has 4 saturated carbocycles. The van der Waals surface area contributed by atoms with Gasteiger partial charge in [-0.25, -0.2) is 9.29 Å². The lowest BCUT2D eigenvalue weighted by molar-refractivity contribution is -0.0551. The van der Waals surface area contributed by atoms with Crippen LogP contribution in [-0.2, 0) is 6.54 Å². The molecule has 4 bridgehead atoms. The summed E-state index contributed by atoms with van der Waals surface area (Å²) in [6.45, 7) is 2.29. The van der Waals surface area contributed by atoms with Crippen LogP contribution < -0.4 is 0 Å². The molecule has 0 atom stereocenters. The third kappa shape index (κ3) is 1.85. The van der Waals surface area contributed by atoms with E-state index in [9.17, 15) is 0 Å². The topological polar surface area (TPSA) is 21.1 Å². The Morgan fingerprint density at radius 3 is 2.39 bits per heavy atom. The number of nitrogens with zero attached hydrogens (tertiary/aromatic N) is 3. The molecule has 23 heavy (non-hydrogen) atoms. The molecule has 1 aromatic heterocycles. The van der Waals surface area contributed by atoms with Crippen LogP contribution in [0.3, 0.4) is 0 Å². The lowest BCUT2D eigenvalue weighted by Crippen LogP contribution is -2.59. The average Bonchev–Trinajstić information content (AvgIpc) is 2.91. The fourth-order valence-electron chi connectivity index (χ4n) is 6.38. The van der Waals surface area contributed by atoms with E-state index in [1.54, 1.807) is 0 Å². The Kier molecular flexibility index (Phi) is 2.63. The van der Waals surface area contributed by atoms with E-state index in [2.05, 4.69) is 33.1 Å². The first-order valence-electron chi connectivity index (χ1n) is 9.20. The predicted octanol–water partition coefficient (Wildman–Crippen LogP) is 4.33. The van der Waals surface area contributed by atoms with Crippen molar-refractivity contribution in [2.75, 3.05) is 6.54 Å². The number of fused-ring (bicyclic) bond motifs is 3. The molecule has 4 aliphatic carbocycles. The molecule has 2 aromatic rings. The summed E-state index contributed by atoms with van der Waals surface area (Å²) in [5.74, 6) is 3.05. The van der Waals surface area contributed by atoms with Crippen LogP contribution in [0.25, 0.3) is 11.0 Å². The van der Waals surface area contributed by atoms with Gasteiger partial charge in [-0.15, -0.1) is 0 Å². The van der Waals surface area contributed by atoms with Crippen molar-refractivity contribution in [3.05, 3.63) is 24.3 Å². The fourth-order valence-corrected chi connectivity index (χ4v) is 7.59. The van der Waals surface area contributed by atoms with Crippen molar-refractivity contribution < 1.29 is 0 Å². The first-order chi connectivity index (χ1) is 11.3. The van der Waals surface area contributed by atoms with Gasteiger partial charge in [-0.05, 0) is 80.4 Å². The summed E-state index contributed by atoms with van der Waals surface area (Å²) in [7, 11) is 0. The molecular formula is C19H23N3S. The van der Waals surface area contributed by atoms with E-state index in [4.69, 9.17) is 4.98 Å². The molecule has 0 amide bonds. The molecule has 0 N–H and O–H groups in total. The van der Waals surface area contributed by atoms with Crippen LogP contribution in [-0.4, -0.2) is 25.9 Å². The van der Waals surface area contributed by atoms with Crippen molar-refractivity contribution in [1.29, 1.82) is 0 Å². The smallest absolute Gasteiger partial charge is 0.184 e. The van der Waals surface area contributed by atoms with E-state index >= 15 is 0 Å². The maximum Gasteiger partial charge on any atom is 0.184 e. The van der Waals surface area contributed by atoms with E-state index in [-0.39, 0.29) is 0 Å². The summed E-state index contributed by atoms with van der Waals surface area (Å²) in [6.07, 6.45) is 8.92. The zero-order valence-electron chi connectivity index (χ0n) is 13.4. The molecule has 2 heterocycles. The van der Waals surface area contributed by atoms with Gasteiger partial charge in [-0.1, -0.05) is 12.1 Å².